The Bertz CT molecular complexity index is 1220. The number of pyridine rings is 1. The molecule has 1 aromatic heterocycles. The monoisotopic (exact) mass is 481 g/mol. The van der Waals surface area contributed by atoms with Gasteiger partial charge in [0.2, 0.25) is 0 Å². The minimum Gasteiger partial charge on any atom is -0.491 e. The number of ether oxygens (including phenoxy) is 3. The van der Waals surface area contributed by atoms with Crippen molar-refractivity contribution in [2.24, 2.45) is 0 Å². The van der Waals surface area contributed by atoms with E-state index in [1.807, 2.05) is 17.0 Å². The fourth-order valence-corrected chi connectivity index (χ4v) is 4.90. The lowest BCUT2D eigenvalue weighted by Gasteiger charge is -2.20. The number of benzene rings is 2. The molecule has 35 heavy (non-hydrogen) atoms. The molecular weight excluding hydrogens is 449 g/mol. The van der Waals surface area contributed by atoms with Crippen molar-refractivity contribution in [2.45, 2.75) is 31.4 Å². The van der Waals surface area contributed by atoms with Gasteiger partial charge >= 0.3 is 0 Å². The van der Waals surface area contributed by atoms with Gasteiger partial charge in [0.25, 0.3) is 5.56 Å². The normalized spacial score (nSPS) is 20.1. The summed E-state index contributed by atoms with van der Waals surface area (Å²) in [6.45, 7) is 4.27. The van der Waals surface area contributed by atoms with E-state index in [-0.39, 0.29) is 17.5 Å². The molecule has 0 amide bonds. The first-order valence-electron chi connectivity index (χ1n) is 12.3. The highest BCUT2D eigenvalue weighted by Crippen LogP contribution is 2.26. The molecule has 1 N–H and O–H groups in total. The number of aromatic nitrogens is 1. The van der Waals surface area contributed by atoms with Gasteiger partial charge in [-0.05, 0) is 61.0 Å². The molecule has 8 heteroatoms. The third-order valence-electron chi connectivity index (χ3n) is 6.81. The number of nitrogens with one attached hydrogen (secondary N) is 1. The number of nitrogens with zero attached hydrogens (tertiary/aromatic N) is 2. The molecule has 0 radical (unpaired) electrons. The van der Waals surface area contributed by atoms with Crippen LogP contribution in [0.3, 0.4) is 0 Å². The molecule has 0 bridgehead atoms. The fraction of sp³-hybridized carbons (Fsp3) is 0.444. The number of rotatable bonds is 9. The molecule has 2 aliphatic rings. The van der Waals surface area contributed by atoms with Gasteiger partial charge in [0, 0.05) is 57.0 Å². The lowest BCUT2D eigenvalue weighted by atomic mass is 10.1. The fourth-order valence-electron chi connectivity index (χ4n) is 4.90. The van der Waals surface area contributed by atoms with Gasteiger partial charge in [0.15, 0.2) is 0 Å². The standard InChI is InChI=1S/C27H32FN3O4/c1-33-14-10-29-20-9-11-30(17-20)26-7-4-21(16-25(26)28)31-12-8-19-15-22(5-6-24(19)27(31)32)35-18-23-3-2-13-34-23/h4-8,12,15-16,20,23,29H,2-3,9-11,13-14,17-18H2,1H3/t20?,23-/m1/s1. The zero-order chi connectivity index (χ0) is 24.2. The Morgan fingerprint density at radius 3 is 2.89 bits per heavy atom. The van der Waals surface area contributed by atoms with Crippen molar-refractivity contribution in [3.63, 3.8) is 0 Å². The maximum atomic E-state index is 15.1. The van der Waals surface area contributed by atoms with Gasteiger partial charge in [0.1, 0.15) is 18.2 Å². The van der Waals surface area contributed by atoms with E-state index in [4.69, 9.17) is 14.2 Å². The van der Waals surface area contributed by atoms with Gasteiger partial charge in [-0.1, -0.05) is 0 Å². The van der Waals surface area contributed by atoms with Crippen molar-refractivity contribution in [1.29, 1.82) is 0 Å². The second-order valence-corrected chi connectivity index (χ2v) is 9.20. The summed E-state index contributed by atoms with van der Waals surface area (Å²) in [5.74, 6) is 0.381. The van der Waals surface area contributed by atoms with Crippen molar-refractivity contribution in [3.8, 4) is 11.4 Å². The van der Waals surface area contributed by atoms with Crippen LogP contribution in [0, 0.1) is 5.82 Å². The summed E-state index contributed by atoms with van der Waals surface area (Å²) in [4.78, 5) is 15.2. The summed E-state index contributed by atoms with van der Waals surface area (Å²) >= 11 is 0. The van der Waals surface area contributed by atoms with Crippen LogP contribution in [0.1, 0.15) is 19.3 Å². The number of anilines is 1. The van der Waals surface area contributed by atoms with Crippen LogP contribution in [-0.2, 0) is 9.47 Å². The van der Waals surface area contributed by atoms with Crippen molar-refractivity contribution >= 4 is 16.5 Å². The van der Waals surface area contributed by atoms with E-state index in [2.05, 4.69) is 5.32 Å². The zero-order valence-electron chi connectivity index (χ0n) is 20.0. The number of hydrogen-bond acceptors (Lipinski definition) is 6. The second kappa shape index (κ2) is 10.8. The molecule has 2 atom stereocenters. The van der Waals surface area contributed by atoms with E-state index in [9.17, 15) is 4.79 Å². The highest BCUT2D eigenvalue weighted by molar-refractivity contribution is 5.83. The van der Waals surface area contributed by atoms with E-state index in [0.29, 0.717) is 41.8 Å². The minimum atomic E-state index is -0.329. The summed E-state index contributed by atoms with van der Waals surface area (Å²) in [7, 11) is 1.68. The van der Waals surface area contributed by atoms with E-state index in [0.717, 1.165) is 50.9 Å². The molecule has 7 nitrogen and oxygen atoms in total. The molecule has 0 spiro atoms. The predicted octanol–water partition coefficient (Wildman–Crippen LogP) is 3.50. The zero-order valence-corrected chi connectivity index (χ0v) is 20.0. The van der Waals surface area contributed by atoms with E-state index in [1.54, 1.807) is 37.6 Å². The van der Waals surface area contributed by atoms with Crippen molar-refractivity contribution in [2.75, 3.05) is 51.5 Å². The van der Waals surface area contributed by atoms with E-state index in [1.165, 1.54) is 10.6 Å². The number of fused-ring (bicyclic) bond motifs is 1. The predicted molar refractivity (Wildman–Crippen MR) is 134 cm³/mol. The SMILES string of the molecule is COCCNC1CCN(c2ccc(-n3ccc4cc(OC[C@H]5CCCO5)ccc4c3=O)cc2F)C1. The number of methoxy groups -OCH3 is 1. The molecule has 1 unspecified atom stereocenters. The third kappa shape index (κ3) is 5.34. The van der Waals surface area contributed by atoms with Crippen LogP contribution in [0.4, 0.5) is 10.1 Å². The largest absolute Gasteiger partial charge is 0.491 e. The lowest BCUT2D eigenvalue weighted by Crippen LogP contribution is -2.34. The van der Waals surface area contributed by atoms with Gasteiger partial charge in [-0.15, -0.1) is 0 Å². The smallest absolute Gasteiger partial charge is 0.262 e. The van der Waals surface area contributed by atoms with E-state index < -0.39 is 0 Å². The summed E-state index contributed by atoms with van der Waals surface area (Å²) in [5.41, 5.74) is 0.876. The lowest BCUT2D eigenvalue weighted by molar-refractivity contribution is 0.0680. The molecule has 2 fully saturated rings. The van der Waals surface area contributed by atoms with Crippen LogP contribution in [0.25, 0.3) is 16.5 Å². The minimum absolute atomic E-state index is 0.134. The quantitative estimate of drug-likeness (QED) is 0.472. The second-order valence-electron chi connectivity index (χ2n) is 9.20. The molecule has 2 saturated heterocycles. The molecular formula is C27H32FN3O4. The summed E-state index contributed by atoms with van der Waals surface area (Å²) in [6.07, 6.45) is 4.85. The Balaban J connectivity index is 1.30. The van der Waals surface area contributed by atoms with Crippen molar-refractivity contribution in [1.82, 2.24) is 9.88 Å². The number of hydrogen-bond donors (Lipinski definition) is 1. The average Bonchev–Trinajstić information content (AvgIpc) is 3.55. The Morgan fingerprint density at radius 1 is 1.17 bits per heavy atom. The molecule has 5 rings (SSSR count). The molecule has 3 heterocycles. The highest BCUT2D eigenvalue weighted by Gasteiger charge is 2.24. The van der Waals surface area contributed by atoms with Crippen LogP contribution in [0.15, 0.2) is 53.5 Å². The number of halogens is 1. The molecule has 2 aromatic carbocycles. The van der Waals surface area contributed by atoms with Crippen LogP contribution < -0.4 is 20.5 Å². The molecule has 0 saturated carbocycles. The highest BCUT2D eigenvalue weighted by atomic mass is 19.1. The first-order chi connectivity index (χ1) is 17.1. The van der Waals surface area contributed by atoms with Gasteiger partial charge in [-0.3, -0.25) is 9.36 Å². The van der Waals surface area contributed by atoms with Crippen LogP contribution in [0.5, 0.6) is 5.75 Å². The third-order valence-corrected chi connectivity index (χ3v) is 6.81. The Labute approximate surface area is 204 Å². The Hall–Kier alpha value is -2.94. The Morgan fingerprint density at radius 2 is 2.09 bits per heavy atom. The molecule has 3 aromatic rings. The maximum Gasteiger partial charge on any atom is 0.262 e. The summed E-state index contributed by atoms with van der Waals surface area (Å²) in [6, 6.07) is 12.6. The van der Waals surface area contributed by atoms with Gasteiger partial charge in [0.05, 0.1) is 24.1 Å². The average molecular weight is 482 g/mol. The Kier molecular flexibility index (Phi) is 7.32. The van der Waals surface area contributed by atoms with Crippen LogP contribution >= 0.6 is 0 Å². The molecule has 0 aliphatic carbocycles. The van der Waals surface area contributed by atoms with Gasteiger partial charge in [-0.25, -0.2) is 4.39 Å². The van der Waals surface area contributed by atoms with Gasteiger partial charge in [-0.2, -0.15) is 0 Å². The summed E-state index contributed by atoms with van der Waals surface area (Å²) in [5, 5.41) is 4.79. The van der Waals surface area contributed by atoms with Crippen molar-refractivity contribution in [3.05, 3.63) is 64.8 Å². The first-order valence-corrected chi connectivity index (χ1v) is 12.3. The molecule has 2 aliphatic heterocycles. The van der Waals surface area contributed by atoms with Gasteiger partial charge < -0.3 is 24.4 Å². The summed E-state index contributed by atoms with van der Waals surface area (Å²) < 4.78 is 33.1. The first kappa shape index (κ1) is 23.8. The maximum absolute atomic E-state index is 15.1. The van der Waals surface area contributed by atoms with E-state index >= 15 is 4.39 Å². The van der Waals surface area contributed by atoms with Crippen molar-refractivity contribution < 1.29 is 18.6 Å². The molecule has 186 valence electrons. The topological polar surface area (TPSA) is 65.0 Å². The van der Waals surface area contributed by atoms with Crippen LogP contribution in [-0.4, -0.2) is 63.3 Å². The van der Waals surface area contributed by atoms with Crippen LogP contribution in [0.2, 0.25) is 0 Å².